The second kappa shape index (κ2) is 9.93. The summed E-state index contributed by atoms with van der Waals surface area (Å²) in [4.78, 5) is 26.5. The Bertz CT molecular complexity index is 1320. The Morgan fingerprint density at radius 3 is 2.35 bits per heavy atom. The van der Waals surface area contributed by atoms with Gasteiger partial charge in [0.1, 0.15) is 18.0 Å². The molecule has 0 saturated carbocycles. The van der Waals surface area contributed by atoms with E-state index < -0.39 is 17.6 Å². The molecule has 4 rings (SSSR count). The van der Waals surface area contributed by atoms with Gasteiger partial charge in [-0.1, -0.05) is 65.2 Å². The molecule has 1 fully saturated rings. The van der Waals surface area contributed by atoms with E-state index in [2.05, 4.69) is 5.32 Å². The van der Waals surface area contributed by atoms with E-state index in [9.17, 15) is 14.0 Å². The Balaban J connectivity index is 1.61. The highest BCUT2D eigenvalue weighted by Gasteiger charge is 2.35. The molecule has 9 heteroatoms. The second-order valence-electron chi connectivity index (χ2n) is 7.50. The van der Waals surface area contributed by atoms with Crippen molar-refractivity contribution in [1.82, 2.24) is 5.32 Å². The molecule has 3 aromatic rings. The number of hydrogen-bond donors (Lipinski definition) is 1. The number of hydrogen-bond acceptors (Lipinski definition) is 4. The van der Waals surface area contributed by atoms with Crippen molar-refractivity contribution in [2.75, 3.05) is 4.90 Å². The van der Waals surface area contributed by atoms with Crippen LogP contribution in [-0.4, -0.2) is 16.9 Å². The van der Waals surface area contributed by atoms with E-state index in [0.717, 1.165) is 16.0 Å². The Morgan fingerprint density at radius 1 is 1.06 bits per heavy atom. The summed E-state index contributed by atoms with van der Waals surface area (Å²) in [6.07, 6.45) is 1.31. The molecule has 0 aliphatic carbocycles. The molecular formula is C25H17Cl2FN2O3S. The van der Waals surface area contributed by atoms with Crippen LogP contribution < -0.4 is 15.0 Å². The molecular weight excluding hydrogens is 498 g/mol. The summed E-state index contributed by atoms with van der Waals surface area (Å²) in [6, 6.07) is 16.5. The van der Waals surface area contributed by atoms with E-state index in [0.29, 0.717) is 5.56 Å². The predicted molar refractivity (Wildman–Crippen MR) is 135 cm³/mol. The number of aryl methyl sites for hydroxylation is 1. The van der Waals surface area contributed by atoms with Crippen LogP contribution in [0.3, 0.4) is 0 Å². The third-order valence-corrected chi connectivity index (χ3v) is 5.88. The monoisotopic (exact) mass is 514 g/mol. The fraction of sp³-hybridized carbons (Fsp3) is 0.0800. The number of carbonyl (C=O) groups excluding carboxylic acids is 2. The zero-order valence-corrected chi connectivity index (χ0v) is 20.1. The molecule has 0 radical (unpaired) electrons. The van der Waals surface area contributed by atoms with E-state index in [4.69, 9.17) is 40.2 Å². The van der Waals surface area contributed by atoms with Crippen molar-refractivity contribution in [3.05, 3.63) is 98.8 Å². The number of amides is 2. The van der Waals surface area contributed by atoms with Gasteiger partial charge in [-0.15, -0.1) is 0 Å². The van der Waals surface area contributed by atoms with Crippen molar-refractivity contribution in [2.45, 2.75) is 13.5 Å². The lowest BCUT2D eigenvalue weighted by Gasteiger charge is -2.29. The second-order valence-corrected chi connectivity index (χ2v) is 8.70. The van der Waals surface area contributed by atoms with Crippen molar-refractivity contribution in [2.24, 2.45) is 0 Å². The zero-order valence-electron chi connectivity index (χ0n) is 17.8. The molecule has 1 heterocycles. The standard InChI is InChI=1S/C25H17Cl2FN2O3S/c1-14-6-8-15(9-7-14)13-33-22-18(26)11-16(12-19(22)27)10-17-23(31)29-25(34)30(24(17)32)21-5-3-2-4-20(21)28/h2-12H,13H2,1H3,(H,29,31,34)/b17-10+. The zero-order chi connectivity index (χ0) is 24.4. The van der Waals surface area contributed by atoms with Crippen molar-refractivity contribution in [3.63, 3.8) is 0 Å². The third kappa shape index (κ3) is 4.97. The van der Waals surface area contributed by atoms with E-state index in [1.165, 1.54) is 36.4 Å². The van der Waals surface area contributed by atoms with Gasteiger partial charge in [-0.3, -0.25) is 14.9 Å². The van der Waals surface area contributed by atoms with Crippen LogP contribution in [0.25, 0.3) is 6.08 Å². The van der Waals surface area contributed by atoms with Crippen LogP contribution in [0.1, 0.15) is 16.7 Å². The van der Waals surface area contributed by atoms with Gasteiger partial charge in [0.05, 0.1) is 15.7 Å². The number of carbonyl (C=O) groups is 2. The van der Waals surface area contributed by atoms with Crippen molar-refractivity contribution >= 4 is 64.1 Å². The number of thiocarbonyl (C=S) groups is 1. The summed E-state index contributed by atoms with van der Waals surface area (Å²) >= 11 is 17.9. The van der Waals surface area contributed by atoms with Crippen LogP contribution in [0.2, 0.25) is 10.0 Å². The van der Waals surface area contributed by atoms with Gasteiger partial charge in [0.2, 0.25) is 0 Å². The fourth-order valence-corrected chi connectivity index (χ4v) is 4.20. The Labute approximate surface area is 210 Å². The third-order valence-electron chi connectivity index (χ3n) is 5.03. The summed E-state index contributed by atoms with van der Waals surface area (Å²) in [5, 5.41) is 2.61. The molecule has 1 aliphatic heterocycles. The first-order valence-corrected chi connectivity index (χ1v) is 11.2. The Kier molecular flexibility index (Phi) is 6.97. The van der Waals surface area contributed by atoms with Crippen LogP contribution >= 0.6 is 35.4 Å². The molecule has 2 amide bonds. The van der Waals surface area contributed by atoms with Gasteiger partial charge >= 0.3 is 0 Å². The van der Waals surface area contributed by atoms with Crippen LogP contribution in [0.15, 0.2) is 66.2 Å². The lowest BCUT2D eigenvalue weighted by Crippen LogP contribution is -2.54. The molecule has 172 valence electrons. The van der Waals surface area contributed by atoms with Gasteiger partial charge in [0.15, 0.2) is 10.9 Å². The Hall–Kier alpha value is -3.26. The fourth-order valence-electron chi connectivity index (χ4n) is 3.32. The van der Waals surface area contributed by atoms with Crippen molar-refractivity contribution in [1.29, 1.82) is 0 Å². The maximum Gasteiger partial charge on any atom is 0.270 e. The minimum absolute atomic E-state index is 0.0701. The van der Waals surface area contributed by atoms with Crippen LogP contribution in [0.5, 0.6) is 5.75 Å². The van der Waals surface area contributed by atoms with Crippen molar-refractivity contribution in [3.8, 4) is 5.75 Å². The minimum atomic E-state index is -0.772. The minimum Gasteiger partial charge on any atom is -0.486 e. The summed E-state index contributed by atoms with van der Waals surface area (Å²) in [7, 11) is 0. The van der Waals surface area contributed by atoms with E-state index in [1.807, 2.05) is 31.2 Å². The molecule has 1 saturated heterocycles. The maximum atomic E-state index is 14.3. The van der Waals surface area contributed by atoms with Gasteiger partial charge in [0.25, 0.3) is 11.8 Å². The molecule has 0 bridgehead atoms. The first kappa shape index (κ1) is 23.9. The SMILES string of the molecule is Cc1ccc(COc2c(Cl)cc(/C=C3\C(=O)NC(=S)N(c4ccccc4F)C3=O)cc2Cl)cc1. The first-order valence-electron chi connectivity index (χ1n) is 10.1. The number of benzene rings is 3. The first-order chi connectivity index (χ1) is 16.2. The number of nitrogens with zero attached hydrogens (tertiary/aromatic N) is 1. The van der Waals surface area contributed by atoms with Gasteiger partial charge < -0.3 is 4.74 Å². The van der Waals surface area contributed by atoms with Crippen molar-refractivity contribution < 1.29 is 18.7 Å². The van der Waals surface area contributed by atoms with E-state index in [-0.39, 0.29) is 38.8 Å². The van der Waals surface area contributed by atoms with E-state index >= 15 is 0 Å². The number of para-hydroxylation sites is 1. The highest BCUT2D eigenvalue weighted by atomic mass is 35.5. The number of halogens is 3. The van der Waals surface area contributed by atoms with Gasteiger partial charge in [-0.25, -0.2) is 9.29 Å². The van der Waals surface area contributed by atoms with Gasteiger partial charge in [-0.05, 0) is 60.6 Å². The summed E-state index contributed by atoms with van der Waals surface area (Å²) in [5.74, 6) is -1.87. The Morgan fingerprint density at radius 2 is 1.71 bits per heavy atom. The topological polar surface area (TPSA) is 58.6 Å². The number of nitrogens with one attached hydrogen (secondary N) is 1. The molecule has 34 heavy (non-hydrogen) atoms. The molecule has 3 aromatic carbocycles. The lowest BCUT2D eigenvalue weighted by atomic mass is 10.1. The molecule has 0 spiro atoms. The lowest BCUT2D eigenvalue weighted by molar-refractivity contribution is -0.122. The molecule has 1 N–H and O–H groups in total. The van der Waals surface area contributed by atoms with E-state index in [1.54, 1.807) is 6.07 Å². The maximum absolute atomic E-state index is 14.3. The molecule has 0 atom stereocenters. The average molecular weight is 515 g/mol. The highest BCUT2D eigenvalue weighted by molar-refractivity contribution is 7.80. The largest absolute Gasteiger partial charge is 0.486 e. The quantitative estimate of drug-likeness (QED) is 0.263. The summed E-state index contributed by atoms with van der Waals surface area (Å²) in [6.45, 7) is 2.25. The van der Waals surface area contributed by atoms with Gasteiger partial charge in [-0.2, -0.15) is 0 Å². The normalized spacial score (nSPS) is 15.0. The smallest absolute Gasteiger partial charge is 0.270 e. The summed E-state index contributed by atoms with van der Waals surface area (Å²) in [5.41, 5.74) is 2.14. The average Bonchev–Trinajstić information content (AvgIpc) is 2.78. The molecule has 5 nitrogen and oxygen atoms in total. The van der Waals surface area contributed by atoms with Gasteiger partial charge in [0, 0.05) is 0 Å². The predicted octanol–water partition coefficient (Wildman–Crippen LogP) is 5.85. The van der Waals surface area contributed by atoms with Crippen LogP contribution in [-0.2, 0) is 16.2 Å². The number of anilines is 1. The van der Waals surface area contributed by atoms with Crippen LogP contribution in [0.4, 0.5) is 10.1 Å². The molecule has 0 unspecified atom stereocenters. The number of rotatable bonds is 5. The number of ether oxygens (including phenoxy) is 1. The van der Waals surface area contributed by atoms with Crippen LogP contribution in [0, 0.1) is 12.7 Å². The highest BCUT2D eigenvalue weighted by Crippen LogP contribution is 2.36. The summed E-state index contributed by atoms with van der Waals surface area (Å²) < 4.78 is 20.1. The molecule has 0 aromatic heterocycles. The molecule has 1 aliphatic rings.